The van der Waals surface area contributed by atoms with Gasteiger partial charge in [0.1, 0.15) is 24.0 Å². The second kappa shape index (κ2) is 11.2. The van der Waals surface area contributed by atoms with E-state index in [9.17, 15) is 10.1 Å². The van der Waals surface area contributed by atoms with Crippen LogP contribution in [0.4, 0.5) is 5.13 Å². The number of hydrogen-bond acceptors (Lipinski definition) is 5. The average molecular weight is 505 g/mol. The van der Waals surface area contributed by atoms with Gasteiger partial charge in [0.05, 0.1) is 0 Å². The standard InChI is InChI=1S/C23H16Cl3N3O2S/c1-2-7-31-21-6-5-17(24)9-15(21)8-16(12-27)22(30)29-23-28-13-19(32-23)10-14-3-4-18(25)11-20(14)26/h2-6,8-9,11,13H,1,7,10H2,(H,28,29,30). The third kappa shape index (κ3) is 6.35. The fraction of sp³-hybridized carbons (Fsp3) is 0.0870. The van der Waals surface area contributed by atoms with Crippen molar-refractivity contribution in [2.45, 2.75) is 6.42 Å². The van der Waals surface area contributed by atoms with Gasteiger partial charge in [0, 0.05) is 38.1 Å². The molecule has 3 rings (SSSR count). The van der Waals surface area contributed by atoms with Crippen molar-refractivity contribution in [1.29, 1.82) is 5.26 Å². The summed E-state index contributed by atoms with van der Waals surface area (Å²) < 4.78 is 5.57. The van der Waals surface area contributed by atoms with Crippen LogP contribution in [-0.4, -0.2) is 17.5 Å². The van der Waals surface area contributed by atoms with Crippen LogP contribution in [0.3, 0.4) is 0 Å². The molecule has 3 aromatic rings. The van der Waals surface area contributed by atoms with E-state index in [0.717, 1.165) is 10.4 Å². The number of aromatic nitrogens is 1. The summed E-state index contributed by atoms with van der Waals surface area (Å²) in [6.45, 7) is 3.88. The molecule has 1 heterocycles. The smallest absolute Gasteiger partial charge is 0.268 e. The number of thiazole rings is 1. The van der Waals surface area contributed by atoms with Crippen LogP contribution in [0.25, 0.3) is 6.08 Å². The highest BCUT2D eigenvalue weighted by atomic mass is 35.5. The SMILES string of the molecule is C=CCOc1ccc(Cl)cc1C=C(C#N)C(=O)Nc1ncc(Cc2ccc(Cl)cc2Cl)s1. The fourth-order valence-electron chi connectivity index (χ4n) is 2.68. The lowest BCUT2D eigenvalue weighted by atomic mass is 10.1. The number of nitrogens with zero attached hydrogens (tertiary/aromatic N) is 2. The molecule has 0 bridgehead atoms. The van der Waals surface area contributed by atoms with E-state index in [1.165, 1.54) is 17.4 Å². The first-order valence-corrected chi connectivity index (χ1v) is 11.2. The first-order valence-electron chi connectivity index (χ1n) is 9.24. The van der Waals surface area contributed by atoms with Crippen molar-refractivity contribution in [3.63, 3.8) is 0 Å². The van der Waals surface area contributed by atoms with Gasteiger partial charge in [0.2, 0.25) is 0 Å². The summed E-state index contributed by atoms with van der Waals surface area (Å²) in [4.78, 5) is 17.8. The van der Waals surface area contributed by atoms with Gasteiger partial charge in [-0.2, -0.15) is 5.26 Å². The number of carbonyl (C=O) groups is 1. The molecule has 0 saturated heterocycles. The van der Waals surface area contributed by atoms with Gasteiger partial charge >= 0.3 is 0 Å². The second-order valence-corrected chi connectivity index (χ2v) is 8.85. The number of nitrogens with one attached hydrogen (secondary N) is 1. The van der Waals surface area contributed by atoms with Crippen molar-refractivity contribution in [3.05, 3.63) is 91.9 Å². The molecule has 162 valence electrons. The van der Waals surface area contributed by atoms with Crippen molar-refractivity contribution in [1.82, 2.24) is 4.98 Å². The number of rotatable bonds is 8. The molecule has 0 aliphatic heterocycles. The van der Waals surface area contributed by atoms with Crippen LogP contribution in [0.1, 0.15) is 16.0 Å². The van der Waals surface area contributed by atoms with Crippen molar-refractivity contribution in [3.8, 4) is 11.8 Å². The number of anilines is 1. The topological polar surface area (TPSA) is 75.0 Å². The summed E-state index contributed by atoms with van der Waals surface area (Å²) in [5.41, 5.74) is 1.28. The molecule has 1 amide bonds. The number of benzene rings is 2. The summed E-state index contributed by atoms with van der Waals surface area (Å²) in [6, 6.07) is 12.1. The molecule has 0 saturated carbocycles. The lowest BCUT2D eigenvalue weighted by molar-refractivity contribution is -0.112. The Bertz CT molecular complexity index is 1230. The van der Waals surface area contributed by atoms with Crippen molar-refractivity contribution in [2.24, 2.45) is 0 Å². The molecule has 2 aromatic carbocycles. The van der Waals surface area contributed by atoms with Gasteiger partial charge in [-0.15, -0.1) is 11.3 Å². The number of hydrogen-bond donors (Lipinski definition) is 1. The highest BCUT2D eigenvalue weighted by molar-refractivity contribution is 7.15. The lowest BCUT2D eigenvalue weighted by Crippen LogP contribution is -2.13. The third-order valence-corrected chi connectivity index (χ3v) is 5.88. The molecule has 0 unspecified atom stereocenters. The minimum Gasteiger partial charge on any atom is -0.489 e. The van der Waals surface area contributed by atoms with Gasteiger partial charge in [0.15, 0.2) is 5.13 Å². The van der Waals surface area contributed by atoms with Gasteiger partial charge in [-0.1, -0.05) is 53.5 Å². The fourth-order valence-corrected chi connectivity index (χ4v) is 4.17. The normalized spacial score (nSPS) is 11.0. The molecule has 0 radical (unpaired) electrons. The zero-order chi connectivity index (χ0) is 23.1. The number of halogens is 3. The van der Waals surface area contributed by atoms with E-state index in [1.54, 1.807) is 42.6 Å². The highest BCUT2D eigenvalue weighted by Gasteiger charge is 2.14. The first-order chi connectivity index (χ1) is 15.4. The van der Waals surface area contributed by atoms with E-state index >= 15 is 0 Å². The Morgan fingerprint density at radius 3 is 2.69 bits per heavy atom. The lowest BCUT2D eigenvalue weighted by Gasteiger charge is -2.08. The molecule has 0 spiro atoms. The van der Waals surface area contributed by atoms with E-state index in [0.29, 0.717) is 37.9 Å². The largest absolute Gasteiger partial charge is 0.489 e. The monoisotopic (exact) mass is 503 g/mol. The Kier molecular flexibility index (Phi) is 8.32. The number of amides is 1. The molecule has 0 atom stereocenters. The molecule has 32 heavy (non-hydrogen) atoms. The van der Waals surface area contributed by atoms with Crippen LogP contribution in [0.2, 0.25) is 15.1 Å². The Labute approximate surface area is 204 Å². The van der Waals surface area contributed by atoms with Crippen molar-refractivity contribution < 1.29 is 9.53 Å². The highest BCUT2D eigenvalue weighted by Crippen LogP contribution is 2.28. The van der Waals surface area contributed by atoms with Gasteiger partial charge < -0.3 is 4.74 Å². The molecule has 0 fully saturated rings. The summed E-state index contributed by atoms with van der Waals surface area (Å²) in [7, 11) is 0. The molecule has 5 nitrogen and oxygen atoms in total. The summed E-state index contributed by atoms with van der Waals surface area (Å²) in [5, 5.41) is 14.1. The van der Waals surface area contributed by atoms with E-state index in [4.69, 9.17) is 39.5 Å². The van der Waals surface area contributed by atoms with E-state index in [1.807, 2.05) is 12.1 Å². The zero-order valence-electron chi connectivity index (χ0n) is 16.6. The van der Waals surface area contributed by atoms with Gasteiger partial charge in [-0.05, 0) is 42.0 Å². The molecular weight excluding hydrogens is 489 g/mol. The van der Waals surface area contributed by atoms with Crippen LogP contribution in [0.15, 0.2) is 60.8 Å². The third-order valence-electron chi connectivity index (χ3n) is 4.15. The Morgan fingerprint density at radius 2 is 1.97 bits per heavy atom. The predicted molar refractivity (Wildman–Crippen MR) is 131 cm³/mol. The maximum absolute atomic E-state index is 12.7. The van der Waals surface area contributed by atoms with Gasteiger partial charge in [0.25, 0.3) is 5.91 Å². The molecule has 1 aromatic heterocycles. The van der Waals surface area contributed by atoms with E-state index in [2.05, 4.69) is 16.9 Å². The number of carbonyl (C=O) groups excluding carboxylic acids is 1. The van der Waals surface area contributed by atoms with E-state index < -0.39 is 5.91 Å². The molecule has 0 aliphatic carbocycles. The van der Waals surface area contributed by atoms with Crippen LogP contribution in [0.5, 0.6) is 5.75 Å². The zero-order valence-corrected chi connectivity index (χ0v) is 19.7. The average Bonchev–Trinajstić information content (AvgIpc) is 3.20. The quantitative estimate of drug-likeness (QED) is 0.208. The van der Waals surface area contributed by atoms with Crippen LogP contribution < -0.4 is 10.1 Å². The molecule has 0 aliphatic rings. The summed E-state index contributed by atoms with van der Waals surface area (Å²) in [5.74, 6) is -0.112. The van der Waals surface area contributed by atoms with Crippen LogP contribution in [0, 0.1) is 11.3 Å². The first kappa shape index (κ1) is 23.8. The molecule has 1 N–H and O–H groups in total. The van der Waals surface area contributed by atoms with Crippen LogP contribution in [-0.2, 0) is 11.2 Å². The summed E-state index contributed by atoms with van der Waals surface area (Å²) >= 11 is 19.5. The Hall–Kier alpha value is -2.82. The maximum atomic E-state index is 12.7. The second-order valence-electron chi connectivity index (χ2n) is 6.45. The van der Waals surface area contributed by atoms with Gasteiger partial charge in [-0.3, -0.25) is 10.1 Å². The maximum Gasteiger partial charge on any atom is 0.268 e. The minimum atomic E-state index is -0.590. The van der Waals surface area contributed by atoms with E-state index in [-0.39, 0.29) is 12.2 Å². The predicted octanol–water partition coefficient (Wildman–Crippen LogP) is 6.80. The van der Waals surface area contributed by atoms with Crippen molar-refractivity contribution in [2.75, 3.05) is 11.9 Å². The molecular formula is C23H16Cl3N3O2S. The Morgan fingerprint density at radius 1 is 1.22 bits per heavy atom. The number of ether oxygens (including phenoxy) is 1. The molecule has 9 heteroatoms. The number of nitriles is 1. The van der Waals surface area contributed by atoms with Crippen molar-refractivity contribution >= 4 is 63.3 Å². The minimum absolute atomic E-state index is 0.117. The van der Waals surface area contributed by atoms with Crippen LogP contribution >= 0.6 is 46.1 Å². The summed E-state index contributed by atoms with van der Waals surface area (Å²) in [6.07, 6.45) is 5.20. The van der Waals surface area contributed by atoms with Gasteiger partial charge in [-0.25, -0.2) is 4.98 Å². The Balaban J connectivity index is 1.76.